The number of piperidine rings is 1. The largest absolute Gasteiger partial charge is 0.456 e. The maximum atomic E-state index is 14.6. The van der Waals surface area contributed by atoms with Crippen LogP contribution in [0.1, 0.15) is 111 Å². The third-order valence-electron chi connectivity index (χ3n) is 16.5. The van der Waals surface area contributed by atoms with Gasteiger partial charge in [0.15, 0.2) is 0 Å². The van der Waals surface area contributed by atoms with Crippen LogP contribution in [0.4, 0.5) is 5.69 Å². The number of nitrogens with zero attached hydrogens (tertiary/aromatic N) is 3. The lowest BCUT2D eigenvalue weighted by atomic mass is 9.80. The first-order valence-corrected chi connectivity index (χ1v) is 26.6. The van der Waals surface area contributed by atoms with Crippen LogP contribution in [0.15, 0.2) is 96.7 Å². The summed E-state index contributed by atoms with van der Waals surface area (Å²) >= 11 is 0. The van der Waals surface area contributed by atoms with Crippen molar-refractivity contribution in [3.63, 3.8) is 0 Å². The minimum absolute atomic E-state index is 0.00395. The quantitative estimate of drug-likeness (QED) is 0.101. The van der Waals surface area contributed by atoms with E-state index in [9.17, 15) is 34.5 Å². The molecule has 2 saturated heterocycles. The Bertz CT molecular complexity index is 2470. The number of Topliss-reactive ketones (excluding diaryl/α,β-unsaturated/α-hetero) is 2. The van der Waals surface area contributed by atoms with Crippen LogP contribution in [0.5, 0.6) is 0 Å². The molecule has 73 heavy (non-hydrogen) atoms. The molecule has 1 aliphatic carbocycles. The van der Waals surface area contributed by atoms with Gasteiger partial charge in [0, 0.05) is 81.3 Å². The molecule has 7 rings (SSSR count). The average molecular weight is 1010 g/mol. The van der Waals surface area contributed by atoms with Crippen molar-refractivity contribution in [1.29, 1.82) is 0 Å². The van der Waals surface area contributed by atoms with Crippen molar-refractivity contribution in [2.75, 3.05) is 32.7 Å². The fourth-order valence-electron chi connectivity index (χ4n) is 12.2. The van der Waals surface area contributed by atoms with Crippen LogP contribution in [-0.4, -0.2) is 131 Å². The first-order valence-electron chi connectivity index (χ1n) is 26.6. The third-order valence-corrected chi connectivity index (χ3v) is 16.5. The standard InChI is InChI=1S/C59H81N3O11/c1-10-16-44-28-36(2)27-37(3)29-52(70-8)55-53(71-9)31-39(5)59(69,73-55)56(66)57(67)62-25-15-14-19-48(62)58(68)72-54(40(6)49(63)34-50(44)64)38(4)30-42-20-22-47(51(65)32-42)60(7)45-21-23-46-43(33-45)24-26-61(46)35-41-17-12-11-13-18-41/h10-13,17-18,21,23-24,26,28,30,33,37,39-40,42,44,47-49,51-55,63,65,69H,1,14-16,19-20,22,25,27,29,31-32,34-35H2,2-9H3/b36-28+,38-30?. The topological polar surface area (TPSA) is 177 Å². The summed E-state index contributed by atoms with van der Waals surface area (Å²) in [6, 6.07) is 17.6. The van der Waals surface area contributed by atoms with Crippen LogP contribution < -0.4 is 4.90 Å². The van der Waals surface area contributed by atoms with E-state index in [4.69, 9.17) is 18.9 Å². The van der Waals surface area contributed by atoms with Crippen LogP contribution >= 0.6 is 0 Å². The number of aliphatic hydroxyl groups is 3. The second-order valence-corrected chi connectivity index (χ2v) is 21.8. The van der Waals surface area contributed by atoms with Gasteiger partial charge in [0.2, 0.25) is 5.79 Å². The van der Waals surface area contributed by atoms with Gasteiger partial charge in [0.05, 0.1) is 30.5 Å². The fourth-order valence-corrected chi connectivity index (χ4v) is 12.2. The van der Waals surface area contributed by atoms with E-state index in [-0.39, 0.29) is 49.5 Å². The van der Waals surface area contributed by atoms with Gasteiger partial charge in [0.25, 0.3) is 11.7 Å². The summed E-state index contributed by atoms with van der Waals surface area (Å²) in [6.07, 6.45) is 7.27. The van der Waals surface area contributed by atoms with E-state index in [1.807, 2.05) is 58.2 Å². The first kappa shape index (κ1) is 55.8. The zero-order valence-corrected chi connectivity index (χ0v) is 44.4. The van der Waals surface area contributed by atoms with Crippen molar-refractivity contribution in [3.05, 3.63) is 102 Å². The number of amides is 1. The minimum atomic E-state index is -2.53. The van der Waals surface area contributed by atoms with Crippen LogP contribution in [0, 0.1) is 29.6 Å². The number of ether oxygens (including phenoxy) is 4. The Labute approximate surface area is 432 Å². The third kappa shape index (κ3) is 12.8. The number of allylic oxidation sites excluding steroid dienone is 4. The number of carbonyl (C=O) groups excluding carboxylic acids is 4. The molecule has 1 saturated carbocycles. The number of methoxy groups -OCH3 is 2. The highest BCUT2D eigenvalue weighted by Gasteiger charge is 2.56. The Morgan fingerprint density at radius 1 is 0.918 bits per heavy atom. The Kier molecular flexibility index (Phi) is 18.8. The van der Waals surface area contributed by atoms with Gasteiger partial charge < -0.3 is 48.6 Å². The van der Waals surface area contributed by atoms with E-state index in [2.05, 4.69) is 58.6 Å². The number of hydrogen-bond donors (Lipinski definition) is 3. The molecule has 0 radical (unpaired) electrons. The van der Waals surface area contributed by atoms with Gasteiger partial charge >= 0.3 is 5.97 Å². The summed E-state index contributed by atoms with van der Waals surface area (Å²) in [5.41, 5.74) is 4.96. The highest BCUT2D eigenvalue weighted by Crippen LogP contribution is 2.40. The molecule has 2 aromatic carbocycles. The molecule has 398 valence electrons. The number of cyclic esters (lactones) is 1. The number of aromatic nitrogens is 1. The van der Waals surface area contributed by atoms with Gasteiger partial charge in [-0.3, -0.25) is 14.4 Å². The van der Waals surface area contributed by atoms with Gasteiger partial charge in [0.1, 0.15) is 24.0 Å². The second-order valence-electron chi connectivity index (χ2n) is 21.8. The summed E-state index contributed by atoms with van der Waals surface area (Å²) in [4.78, 5) is 61.0. The summed E-state index contributed by atoms with van der Waals surface area (Å²) in [5.74, 6) is -7.97. The molecule has 1 amide bonds. The predicted octanol–water partition coefficient (Wildman–Crippen LogP) is 8.13. The SMILES string of the molecule is C=CCC1/C=C(\C)CC(C)CC(OC)C2OC(O)(C(=O)C(=O)N3CCCCC3C(=O)OC(C(C)=CC3CCC(N(C)c4ccc5c(ccn5Cc5ccccc5)c4)C(O)C3)C(C)C(O)CC1=O)C(C)CC2OC. The molecule has 3 aromatic rings. The van der Waals surface area contributed by atoms with E-state index in [0.717, 1.165) is 35.1 Å². The van der Waals surface area contributed by atoms with Gasteiger partial charge in [-0.05, 0) is 125 Å². The normalized spacial score (nSPS) is 34.6. The number of fused-ring (bicyclic) bond motifs is 4. The number of anilines is 1. The number of likely N-dealkylation sites (N-methyl/N-ethyl adjacent to an activating group) is 1. The van der Waals surface area contributed by atoms with Crippen molar-refractivity contribution in [2.24, 2.45) is 29.6 Å². The van der Waals surface area contributed by atoms with E-state index in [1.54, 1.807) is 19.9 Å². The van der Waals surface area contributed by atoms with E-state index >= 15 is 0 Å². The number of aliphatic hydroxyl groups excluding tert-OH is 2. The van der Waals surface area contributed by atoms with Gasteiger partial charge in [-0.25, -0.2) is 4.79 Å². The maximum Gasteiger partial charge on any atom is 0.329 e. The Morgan fingerprint density at radius 2 is 1.64 bits per heavy atom. The highest BCUT2D eigenvalue weighted by atomic mass is 16.7. The van der Waals surface area contributed by atoms with E-state index in [1.165, 1.54) is 24.7 Å². The van der Waals surface area contributed by atoms with Crippen molar-refractivity contribution in [1.82, 2.24) is 9.47 Å². The Hall–Kier alpha value is -4.96. The van der Waals surface area contributed by atoms with Crippen LogP contribution in [0.2, 0.25) is 0 Å². The summed E-state index contributed by atoms with van der Waals surface area (Å²) in [5, 5.41) is 37.1. The van der Waals surface area contributed by atoms with Gasteiger partial charge in [-0.2, -0.15) is 0 Å². The molecule has 14 nitrogen and oxygen atoms in total. The number of rotatable bonds is 10. The van der Waals surface area contributed by atoms with Crippen LogP contribution in [0.3, 0.4) is 0 Å². The maximum absolute atomic E-state index is 14.6. The summed E-state index contributed by atoms with van der Waals surface area (Å²) in [7, 11) is 5.08. The number of esters is 1. The molecule has 3 aliphatic heterocycles. The first-order chi connectivity index (χ1) is 34.9. The van der Waals surface area contributed by atoms with E-state index < -0.39 is 83.9 Å². The minimum Gasteiger partial charge on any atom is -0.456 e. The van der Waals surface area contributed by atoms with Crippen LogP contribution in [-0.2, 0) is 44.7 Å². The molecule has 4 aliphatic rings. The lowest BCUT2D eigenvalue weighted by Crippen LogP contribution is -2.64. The predicted molar refractivity (Wildman–Crippen MR) is 281 cm³/mol. The molecular weight excluding hydrogens is 927 g/mol. The monoisotopic (exact) mass is 1010 g/mol. The molecule has 1 aromatic heterocycles. The van der Waals surface area contributed by atoms with Crippen molar-refractivity contribution < 1.29 is 53.4 Å². The zero-order valence-electron chi connectivity index (χ0n) is 44.4. The molecule has 4 heterocycles. The molecule has 3 fully saturated rings. The number of hydrogen-bond acceptors (Lipinski definition) is 12. The van der Waals surface area contributed by atoms with Crippen molar-refractivity contribution in [3.8, 4) is 0 Å². The fraction of sp³-hybridized carbons (Fsp3) is 0.593. The Balaban J connectivity index is 1.15. The molecule has 14 atom stereocenters. The lowest BCUT2D eigenvalue weighted by molar-refractivity contribution is -0.302. The summed E-state index contributed by atoms with van der Waals surface area (Å²) < 4.78 is 26.8. The lowest BCUT2D eigenvalue weighted by Gasteiger charge is -2.47. The highest BCUT2D eigenvalue weighted by molar-refractivity contribution is 6.39. The van der Waals surface area contributed by atoms with Crippen molar-refractivity contribution in [2.45, 2.75) is 166 Å². The molecule has 0 spiro atoms. The molecular formula is C59H81N3O11. The summed E-state index contributed by atoms with van der Waals surface area (Å²) in [6.45, 7) is 14.0. The van der Waals surface area contributed by atoms with E-state index in [0.29, 0.717) is 50.5 Å². The van der Waals surface area contributed by atoms with Gasteiger partial charge in [-0.15, -0.1) is 6.58 Å². The molecule has 3 N–H and O–H groups in total. The molecule has 2 bridgehead atoms. The number of carbonyl (C=O) groups is 4. The molecule has 14 heteroatoms. The van der Waals surface area contributed by atoms with Crippen LogP contribution in [0.25, 0.3) is 10.9 Å². The Morgan fingerprint density at radius 3 is 2.34 bits per heavy atom. The second kappa shape index (κ2) is 24.6. The smallest absolute Gasteiger partial charge is 0.329 e. The molecule has 14 unspecified atom stereocenters. The number of ketones is 2. The van der Waals surface area contributed by atoms with Gasteiger partial charge in [-0.1, -0.05) is 74.9 Å². The van der Waals surface area contributed by atoms with Crippen molar-refractivity contribution >= 4 is 40.0 Å². The number of benzene rings is 2. The average Bonchev–Trinajstić information content (AvgIpc) is 3.78. The zero-order chi connectivity index (χ0) is 52.7.